The van der Waals surface area contributed by atoms with E-state index in [0.717, 1.165) is 24.6 Å². The summed E-state index contributed by atoms with van der Waals surface area (Å²) in [6.45, 7) is 5.40. The molecule has 1 aromatic heterocycles. The Morgan fingerprint density at radius 1 is 0.590 bits per heavy atom. The van der Waals surface area contributed by atoms with Crippen molar-refractivity contribution in [1.82, 2.24) is 9.97 Å². The van der Waals surface area contributed by atoms with Crippen LogP contribution in [-0.2, 0) is 12.8 Å². The Morgan fingerprint density at radius 3 is 1.62 bits per heavy atom. The molecule has 2 aromatic rings. The number of ether oxygens (including phenoxy) is 1. The summed E-state index contributed by atoms with van der Waals surface area (Å²) in [4.78, 5) is 9.56. The van der Waals surface area contributed by atoms with Crippen LogP contribution in [0.2, 0.25) is 0 Å². The van der Waals surface area contributed by atoms with Gasteiger partial charge in [0.25, 0.3) is 0 Å². The van der Waals surface area contributed by atoms with Crippen molar-refractivity contribution in [3.63, 3.8) is 0 Å². The fraction of sp³-hybridized carbons (Fsp3) is 0.722. The van der Waals surface area contributed by atoms with E-state index in [1.165, 1.54) is 140 Å². The third kappa shape index (κ3) is 13.3. The molecule has 0 aliphatic heterocycles. The Morgan fingerprint density at radius 2 is 1.08 bits per heavy atom. The van der Waals surface area contributed by atoms with Gasteiger partial charge in [-0.1, -0.05) is 109 Å². The molecule has 0 bridgehead atoms. The molecule has 0 unspecified atom stereocenters. The van der Waals surface area contributed by atoms with Crippen molar-refractivity contribution in [3.8, 4) is 5.75 Å². The highest BCUT2D eigenvalue weighted by Gasteiger charge is 2.24. The fourth-order valence-corrected chi connectivity index (χ4v) is 6.01. The van der Waals surface area contributed by atoms with Crippen molar-refractivity contribution >= 4 is 0 Å². The van der Waals surface area contributed by atoms with Gasteiger partial charge >= 0.3 is 0 Å². The van der Waals surface area contributed by atoms with Crippen LogP contribution in [0, 0.1) is 5.92 Å². The van der Waals surface area contributed by atoms with Crippen LogP contribution in [0.4, 0.5) is 0 Å². The molecule has 3 rings (SSSR count). The van der Waals surface area contributed by atoms with E-state index in [9.17, 15) is 0 Å². The van der Waals surface area contributed by atoms with E-state index in [4.69, 9.17) is 14.7 Å². The Hall–Kier alpha value is -1.90. The van der Waals surface area contributed by atoms with E-state index in [1.807, 2.05) is 0 Å². The second-order valence-electron chi connectivity index (χ2n) is 12.2. The molecule has 1 aliphatic rings. The highest BCUT2D eigenvalue weighted by Crippen LogP contribution is 2.34. The maximum Gasteiger partial charge on any atom is 0.131 e. The van der Waals surface area contributed by atoms with E-state index in [2.05, 4.69) is 50.5 Å². The molecule has 3 heteroatoms. The third-order valence-corrected chi connectivity index (χ3v) is 8.73. The number of hydrogen-bond donors (Lipinski definition) is 0. The number of aromatic nitrogens is 2. The molecule has 0 radical (unpaired) electrons. The molecule has 1 saturated carbocycles. The molecule has 1 aliphatic carbocycles. The molecule has 0 N–H and O–H groups in total. The molecule has 1 heterocycles. The molecule has 3 nitrogen and oxygen atoms in total. The van der Waals surface area contributed by atoms with Crippen LogP contribution in [0.15, 0.2) is 36.7 Å². The first kappa shape index (κ1) is 31.6. The molecule has 0 atom stereocenters. The third-order valence-electron chi connectivity index (χ3n) is 8.73. The standard InChI is InChI=1S/C36H58N2O/c1-3-5-7-9-11-13-15-17-19-33-28-37-36(38-29-33)34-24-20-32(21-25-34)30-39-35-26-22-31(23-27-35)18-16-14-12-10-8-6-4-2/h22-23,26-29,32,34H,3-21,24-25,30H2,1-2H3. The molecular weight excluding hydrogens is 476 g/mol. The van der Waals surface area contributed by atoms with Crippen molar-refractivity contribution < 1.29 is 4.74 Å². The second-order valence-corrected chi connectivity index (χ2v) is 12.2. The van der Waals surface area contributed by atoms with Gasteiger partial charge in [-0.05, 0) is 80.5 Å². The van der Waals surface area contributed by atoms with Gasteiger partial charge in [0.15, 0.2) is 0 Å². The number of nitrogens with zero attached hydrogens (tertiary/aromatic N) is 2. The molecule has 0 spiro atoms. The molecule has 1 fully saturated rings. The largest absolute Gasteiger partial charge is 0.493 e. The average molecular weight is 535 g/mol. The fourth-order valence-electron chi connectivity index (χ4n) is 6.01. The SMILES string of the molecule is CCCCCCCCCCc1cnc(C2CCC(COc3ccc(CCCCCCCCC)cc3)CC2)nc1. The van der Waals surface area contributed by atoms with Crippen LogP contribution in [0.1, 0.15) is 159 Å². The van der Waals surface area contributed by atoms with Crippen molar-refractivity contribution in [3.05, 3.63) is 53.6 Å². The number of rotatable bonds is 21. The number of hydrogen-bond acceptors (Lipinski definition) is 3. The summed E-state index contributed by atoms with van der Waals surface area (Å²) in [5, 5.41) is 0. The monoisotopic (exact) mass is 534 g/mol. The van der Waals surface area contributed by atoms with Gasteiger partial charge in [0, 0.05) is 18.3 Å². The average Bonchev–Trinajstić information content (AvgIpc) is 2.98. The van der Waals surface area contributed by atoms with Gasteiger partial charge in [0.05, 0.1) is 6.61 Å². The first-order chi connectivity index (χ1) is 19.3. The number of aryl methyl sites for hydroxylation is 2. The van der Waals surface area contributed by atoms with E-state index >= 15 is 0 Å². The van der Waals surface area contributed by atoms with E-state index in [-0.39, 0.29) is 0 Å². The van der Waals surface area contributed by atoms with Gasteiger partial charge in [-0.3, -0.25) is 0 Å². The summed E-state index contributed by atoms with van der Waals surface area (Å²) >= 11 is 0. The Balaban J connectivity index is 1.25. The minimum Gasteiger partial charge on any atom is -0.493 e. The zero-order valence-electron chi connectivity index (χ0n) is 25.5. The van der Waals surface area contributed by atoms with Crippen LogP contribution < -0.4 is 4.74 Å². The molecule has 1 aromatic carbocycles. The predicted octanol–water partition coefficient (Wildman–Crippen LogP) is 10.8. The van der Waals surface area contributed by atoms with Crippen LogP contribution in [0.5, 0.6) is 5.75 Å². The Kier molecular flexibility index (Phi) is 16.3. The quantitative estimate of drug-likeness (QED) is 0.149. The van der Waals surface area contributed by atoms with Gasteiger partial charge < -0.3 is 4.74 Å². The van der Waals surface area contributed by atoms with E-state index in [1.54, 1.807) is 0 Å². The van der Waals surface area contributed by atoms with Crippen molar-refractivity contribution in [1.29, 1.82) is 0 Å². The van der Waals surface area contributed by atoms with Crippen molar-refractivity contribution in [2.75, 3.05) is 6.61 Å². The molecule has 39 heavy (non-hydrogen) atoms. The lowest BCUT2D eigenvalue weighted by atomic mass is 9.82. The summed E-state index contributed by atoms with van der Waals surface area (Å²) in [6, 6.07) is 8.87. The van der Waals surface area contributed by atoms with E-state index in [0.29, 0.717) is 11.8 Å². The maximum atomic E-state index is 6.19. The van der Waals surface area contributed by atoms with Crippen LogP contribution >= 0.6 is 0 Å². The Bertz CT molecular complexity index is 839. The zero-order valence-corrected chi connectivity index (χ0v) is 25.5. The zero-order chi connectivity index (χ0) is 27.4. The molecular formula is C36H58N2O. The number of unbranched alkanes of at least 4 members (excludes halogenated alkanes) is 13. The highest BCUT2D eigenvalue weighted by atomic mass is 16.5. The van der Waals surface area contributed by atoms with Crippen LogP contribution in [0.3, 0.4) is 0 Å². The first-order valence-corrected chi connectivity index (χ1v) is 16.8. The predicted molar refractivity (Wildman–Crippen MR) is 167 cm³/mol. The normalized spacial score (nSPS) is 17.4. The van der Waals surface area contributed by atoms with Crippen molar-refractivity contribution in [2.45, 2.75) is 155 Å². The van der Waals surface area contributed by atoms with Gasteiger partial charge in [-0.2, -0.15) is 0 Å². The number of benzene rings is 1. The molecule has 218 valence electrons. The van der Waals surface area contributed by atoms with Gasteiger partial charge in [-0.25, -0.2) is 9.97 Å². The minimum atomic E-state index is 0.518. The van der Waals surface area contributed by atoms with Crippen LogP contribution in [-0.4, -0.2) is 16.6 Å². The lowest BCUT2D eigenvalue weighted by Gasteiger charge is -2.27. The topological polar surface area (TPSA) is 35.0 Å². The summed E-state index contributed by atoms with van der Waals surface area (Å²) in [5.41, 5.74) is 2.75. The summed E-state index contributed by atoms with van der Waals surface area (Å²) < 4.78 is 6.19. The molecule has 0 amide bonds. The summed E-state index contributed by atoms with van der Waals surface area (Å²) in [7, 11) is 0. The van der Waals surface area contributed by atoms with Crippen LogP contribution in [0.25, 0.3) is 0 Å². The van der Waals surface area contributed by atoms with Gasteiger partial charge in [0.1, 0.15) is 11.6 Å². The van der Waals surface area contributed by atoms with Crippen molar-refractivity contribution in [2.24, 2.45) is 5.92 Å². The smallest absolute Gasteiger partial charge is 0.131 e. The lowest BCUT2D eigenvalue weighted by Crippen LogP contribution is -2.20. The first-order valence-electron chi connectivity index (χ1n) is 16.8. The lowest BCUT2D eigenvalue weighted by molar-refractivity contribution is 0.198. The van der Waals surface area contributed by atoms with E-state index < -0.39 is 0 Å². The minimum absolute atomic E-state index is 0.518. The highest BCUT2D eigenvalue weighted by molar-refractivity contribution is 5.27. The maximum absolute atomic E-state index is 6.19. The van der Waals surface area contributed by atoms with Gasteiger partial charge in [-0.15, -0.1) is 0 Å². The summed E-state index contributed by atoms with van der Waals surface area (Å²) in [5.74, 6) is 3.25. The second kappa shape index (κ2) is 20.0. The summed E-state index contributed by atoms with van der Waals surface area (Å²) in [6.07, 6.45) is 31.8. The Labute approximate surface area is 241 Å². The van der Waals surface area contributed by atoms with Gasteiger partial charge in [0.2, 0.25) is 0 Å². The molecule has 0 saturated heterocycles.